The predicted octanol–water partition coefficient (Wildman–Crippen LogP) is 2.04. The van der Waals surface area contributed by atoms with E-state index in [-0.39, 0.29) is 6.04 Å². The highest BCUT2D eigenvalue weighted by Crippen LogP contribution is 2.18. The van der Waals surface area contributed by atoms with Gasteiger partial charge in [0.05, 0.1) is 6.04 Å². The Morgan fingerprint density at radius 2 is 2.24 bits per heavy atom. The fraction of sp³-hybridized carbons (Fsp3) is 0.385. The molecule has 90 valence electrons. The van der Waals surface area contributed by atoms with Crippen LogP contribution in [0, 0.1) is 6.92 Å². The number of pyridine rings is 1. The average molecular weight is 230 g/mol. The van der Waals surface area contributed by atoms with Crippen LogP contribution >= 0.6 is 0 Å². The lowest BCUT2D eigenvalue weighted by Crippen LogP contribution is -2.18. The molecule has 0 aromatic carbocycles. The van der Waals surface area contributed by atoms with Gasteiger partial charge in [-0.2, -0.15) is 0 Å². The summed E-state index contributed by atoms with van der Waals surface area (Å²) in [5.41, 5.74) is 8.36. The average Bonchev–Trinajstić information content (AvgIpc) is 2.77. The lowest BCUT2D eigenvalue weighted by molar-refractivity contribution is 0.612. The van der Waals surface area contributed by atoms with Gasteiger partial charge in [-0.05, 0) is 24.5 Å². The van der Waals surface area contributed by atoms with Gasteiger partial charge in [0.1, 0.15) is 5.82 Å². The van der Waals surface area contributed by atoms with Crippen molar-refractivity contribution in [3.05, 3.63) is 47.8 Å². The SMILES string of the molecule is CCCn1ccnc1C(N)c1cncc(C)c1. The molecule has 0 aliphatic heterocycles. The van der Waals surface area contributed by atoms with Gasteiger partial charge in [0.25, 0.3) is 0 Å². The highest BCUT2D eigenvalue weighted by atomic mass is 15.1. The molecule has 2 aromatic rings. The van der Waals surface area contributed by atoms with Crippen molar-refractivity contribution in [1.29, 1.82) is 0 Å². The standard InChI is InChI=1S/C13H18N4/c1-3-5-17-6-4-16-13(17)12(14)11-7-10(2)8-15-9-11/h4,6-9,12H,3,5,14H2,1-2H3. The predicted molar refractivity (Wildman–Crippen MR) is 67.5 cm³/mol. The molecule has 0 saturated carbocycles. The monoisotopic (exact) mass is 230 g/mol. The minimum absolute atomic E-state index is 0.205. The molecule has 0 aliphatic rings. The zero-order valence-electron chi connectivity index (χ0n) is 10.3. The van der Waals surface area contributed by atoms with Gasteiger partial charge in [0, 0.05) is 31.3 Å². The molecular formula is C13H18N4. The molecule has 1 unspecified atom stereocenters. The Kier molecular flexibility index (Phi) is 3.54. The van der Waals surface area contributed by atoms with E-state index in [1.807, 2.05) is 25.5 Å². The van der Waals surface area contributed by atoms with Crippen LogP contribution in [0.5, 0.6) is 0 Å². The third kappa shape index (κ3) is 2.53. The van der Waals surface area contributed by atoms with E-state index in [1.54, 1.807) is 6.20 Å². The number of imidazole rings is 1. The molecule has 0 fully saturated rings. The summed E-state index contributed by atoms with van der Waals surface area (Å²) in [7, 11) is 0. The maximum Gasteiger partial charge on any atom is 0.130 e. The van der Waals surface area contributed by atoms with Gasteiger partial charge < -0.3 is 10.3 Å². The van der Waals surface area contributed by atoms with Gasteiger partial charge in [-0.3, -0.25) is 4.98 Å². The molecule has 4 nitrogen and oxygen atoms in total. The fourth-order valence-corrected chi connectivity index (χ4v) is 1.93. The van der Waals surface area contributed by atoms with Crippen LogP contribution in [0.25, 0.3) is 0 Å². The molecule has 4 heteroatoms. The Morgan fingerprint density at radius 3 is 2.94 bits per heavy atom. The van der Waals surface area contributed by atoms with E-state index >= 15 is 0 Å². The molecule has 2 rings (SSSR count). The van der Waals surface area contributed by atoms with Crippen molar-refractivity contribution in [1.82, 2.24) is 14.5 Å². The van der Waals surface area contributed by atoms with Crippen LogP contribution in [-0.4, -0.2) is 14.5 Å². The molecule has 2 aromatic heterocycles. The first-order valence-corrected chi connectivity index (χ1v) is 5.90. The highest BCUT2D eigenvalue weighted by Gasteiger charge is 2.14. The summed E-state index contributed by atoms with van der Waals surface area (Å²) in [6.45, 7) is 5.10. The lowest BCUT2D eigenvalue weighted by Gasteiger charge is -2.14. The Balaban J connectivity index is 2.30. The van der Waals surface area contributed by atoms with Crippen LogP contribution in [-0.2, 0) is 6.54 Å². The zero-order valence-corrected chi connectivity index (χ0v) is 10.3. The number of nitrogens with two attached hydrogens (primary N) is 1. The van der Waals surface area contributed by atoms with E-state index in [2.05, 4.69) is 27.5 Å². The molecule has 1 atom stereocenters. The van der Waals surface area contributed by atoms with Crippen LogP contribution < -0.4 is 5.73 Å². The third-order valence-electron chi connectivity index (χ3n) is 2.75. The maximum atomic E-state index is 6.24. The van der Waals surface area contributed by atoms with E-state index < -0.39 is 0 Å². The number of rotatable bonds is 4. The highest BCUT2D eigenvalue weighted by molar-refractivity contribution is 5.25. The second-order valence-electron chi connectivity index (χ2n) is 4.25. The van der Waals surface area contributed by atoms with E-state index in [9.17, 15) is 0 Å². The number of aryl methyl sites for hydroxylation is 2. The number of hydrogen-bond donors (Lipinski definition) is 1. The summed E-state index contributed by atoms with van der Waals surface area (Å²) in [6, 6.07) is 1.85. The first kappa shape index (κ1) is 11.8. The number of nitrogens with zero attached hydrogens (tertiary/aromatic N) is 3. The van der Waals surface area contributed by atoms with Crippen LogP contribution in [0.1, 0.15) is 36.3 Å². The first-order chi connectivity index (χ1) is 8.22. The molecule has 0 bridgehead atoms. The van der Waals surface area contributed by atoms with Gasteiger partial charge in [-0.1, -0.05) is 13.0 Å². The van der Waals surface area contributed by atoms with E-state index in [0.717, 1.165) is 29.9 Å². The second-order valence-corrected chi connectivity index (χ2v) is 4.25. The Labute approximate surface area is 102 Å². The Hall–Kier alpha value is -1.68. The molecule has 0 spiro atoms. The summed E-state index contributed by atoms with van der Waals surface area (Å²) >= 11 is 0. The smallest absolute Gasteiger partial charge is 0.130 e. The van der Waals surface area contributed by atoms with Crippen LogP contribution in [0.3, 0.4) is 0 Å². The third-order valence-corrected chi connectivity index (χ3v) is 2.75. The molecule has 17 heavy (non-hydrogen) atoms. The van der Waals surface area contributed by atoms with Crippen molar-refractivity contribution in [3.8, 4) is 0 Å². The van der Waals surface area contributed by atoms with E-state index in [4.69, 9.17) is 5.73 Å². The van der Waals surface area contributed by atoms with Gasteiger partial charge >= 0.3 is 0 Å². The fourth-order valence-electron chi connectivity index (χ4n) is 1.93. The molecule has 0 amide bonds. The summed E-state index contributed by atoms with van der Waals surface area (Å²) in [5, 5.41) is 0. The second kappa shape index (κ2) is 5.10. The van der Waals surface area contributed by atoms with Gasteiger partial charge in [0.2, 0.25) is 0 Å². The zero-order chi connectivity index (χ0) is 12.3. The Bertz CT molecular complexity index is 490. The van der Waals surface area contributed by atoms with Gasteiger partial charge in [-0.25, -0.2) is 4.98 Å². The van der Waals surface area contributed by atoms with E-state index in [0.29, 0.717) is 0 Å². The van der Waals surface area contributed by atoms with Crippen molar-refractivity contribution in [2.24, 2.45) is 5.73 Å². The molecule has 0 aliphatic carbocycles. The first-order valence-electron chi connectivity index (χ1n) is 5.90. The summed E-state index contributed by atoms with van der Waals surface area (Å²) in [4.78, 5) is 8.52. The summed E-state index contributed by atoms with van der Waals surface area (Å²) in [6.07, 6.45) is 8.48. The molecule has 2 N–H and O–H groups in total. The van der Waals surface area contributed by atoms with Crippen molar-refractivity contribution < 1.29 is 0 Å². The number of hydrogen-bond acceptors (Lipinski definition) is 3. The van der Waals surface area contributed by atoms with Crippen molar-refractivity contribution in [2.45, 2.75) is 32.9 Å². The molecular weight excluding hydrogens is 212 g/mol. The van der Waals surface area contributed by atoms with Crippen molar-refractivity contribution in [3.63, 3.8) is 0 Å². The van der Waals surface area contributed by atoms with E-state index in [1.165, 1.54) is 0 Å². The summed E-state index contributed by atoms with van der Waals surface area (Å²) in [5.74, 6) is 0.902. The normalized spacial score (nSPS) is 12.6. The maximum absolute atomic E-state index is 6.24. The van der Waals surface area contributed by atoms with Crippen LogP contribution in [0.15, 0.2) is 30.9 Å². The Morgan fingerprint density at radius 1 is 1.41 bits per heavy atom. The molecule has 0 saturated heterocycles. The van der Waals surface area contributed by atoms with Crippen LogP contribution in [0.4, 0.5) is 0 Å². The minimum atomic E-state index is -0.205. The summed E-state index contributed by atoms with van der Waals surface area (Å²) < 4.78 is 2.10. The molecule has 2 heterocycles. The van der Waals surface area contributed by atoms with Crippen LogP contribution in [0.2, 0.25) is 0 Å². The van der Waals surface area contributed by atoms with Crippen molar-refractivity contribution >= 4 is 0 Å². The quantitative estimate of drug-likeness (QED) is 0.874. The topological polar surface area (TPSA) is 56.7 Å². The molecule has 0 radical (unpaired) electrons. The minimum Gasteiger partial charge on any atom is -0.333 e. The van der Waals surface area contributed by atoms with Gasteiger partial charge in [-0.15, -0.1) is 0 Å². The van der Waals surface area contributed by atoms with Gasteiger partial charge in [0.15, 0.2) is 0 Å². The largest absolute Gasteiger partial charge is 0.333 e. The number of aromatic nitrogens is 3. The lowest BCUT2D eigenvalue weighted by atomic mass is 10.1. The van der Waals surface area contributed by atoms with Crippen molar-refractivity contribution in [2.75, 3.05) is 0 Å².